The van der Waals surface area contributed by atoms with Gasteiger partial charge < -0.3 is 4.90 Å². The molecule has 0 amide bonds. The highest BCUT2D eigenvalue weighted by molar-refractivity contribution is 5.87. The predicted octanol–water partition coefficient (Wildman–Crippen LogP) is 3.72. The molecule has 0 saturated heterocycles. The fourth-order valence-corrected chi connectivity index (χ4v) is 3.55. The molecule has 0 atom stereocenters. The Morgan fingerprint density at radius 3 is 2.79 bits per heavy atom. The predicted molar refractivity (Wildman–Crippen MR) is 91.9 cm³/mol. The Morgan fingerprint density at radius 1 is 1.17 bits per heavy atom. The summed E-state index contributed by atoms with van der Waals surface area (Å²) in [5.74, 6) is 0.610. The minimum Gasteiger partial charge on any atom is -0.356 e. The molecule has 124 valence electrons. The van der Waals surface area contributed by atoms with Crippen LogP contribution in [0.1, 0.15) is 32.1 Å². The molecule has 2 heterocycles. The first-order valence-corrected chi connectivity index (χ1v) is 8.41. The van der Waals surface area contributed by atoms with Gasteiger partial charge in [-0.1, -0.05) is 25.3 Å². The molecule has 3 aromatic rings. The van der Waals surface area contributed by atoms with Gasteiger partial charge in [0.15, 0.2) is 5.65 Å². The SMILES string of the molecule is CN(c1ncnc2c1cnn2-c1cccc(F)c1)C1CCCCC1. The van der Waals surface area contributed by atoms with Crippen molar-refractivity contribution in [2.75, 3.05) is 11.9 Å². The van der Waals surface area contributed by atoms with E-state index in [0.29, 0.717) is 17.4 Å². The number of halogens is 1. The number of fused-ring (bicyclic) bond motifs is 1. The van der Waals surface area contributed by atoms with Crippen LogP contribution in [0.25, 0.3) is 16.7 Å². The summed E-state index contributed by atoms with van der Waals surface area (Å²) in [5, 5.41) is 5.31. The van der Waals surface area contributed by atoms with Crippen LogP contribution in [0.4, 0.5) is 10.2 Å². The summed E-state index contributed by atoms with van der Waals surface area (Å²) in [4.78, 5) is 11.1. The Bertz CT molecular complexity index is 853. The summed E-state index contributed by atoms with van der Waals surface area (Å²) in [6.45, 7) is 0. The van der Waals surface area contributed by atoms with Crippen molar-refractivity contribution in [3.05, 3.63) is 42.6 Å². The van der Waals surface area contributed by atoms with Crippen LogP contribution < -0.4 is 4.90 Å². The van der Waals surface area contributed by atoms with E-state index in [4.69, 9.17) is 0 Å². The molecule has 0 aliphatic heterocycles. The summed E-state index contributed by atoms with van der Waals surface area (Å²) in [6.07, 6.45) is 9.59. The Hall–Kier alpha value is -2.50. The molecular formula is C18H20FN5. The van der Waals surface area contributed by atoms with E-state index in [1.807, 2.05) is 6.07 Å². The van der Waals surface area contributed by atoms with Gasteiger partial charge in [0.2, 0.25) is 0 Å². The second-order valence-electron chi connectivity index (χ2n) is 6.37. The smallest absolute Gasteiger partial charge is 0.168 e. The van der Waals surface area contributed by atoms with E-state index >= 15 is 0 Å². The number of hydrogen-bond donors (Lipinski definition) is 0. The highest BCUT2D eigenvalue weighted by Gasteiger charge is 2.22. The van der Waals surface area contributed by atoms with Crippen LogP contribution in [0, 0.1) is 5.82 Å². The Labute approximate surface area is 140 Å². The van der Waals surface area contributed by atoms with E-state index in [-0.39, 0.29) is 5.82 Å². The van der Waals surface area contributed by atoms with E-state index in [1.54, 1.807) is 23.3 Å². The molecule has 0 N–H and O–H groups in total. The lowest BCUT2D eigenvalue weighted by molar-refractivity contribution is 0.426. The number of anilines is 1. The molecule has 0 radical (unpaired) electrons. The van der Waals surface area contributed by atoms with Gasteiger partial charge in [-0.05, 0) is 31.0 Å². The summed E-state index contributed by atoms with van der Waals surface area (Å²) < 4.78 is 15.2. The van der Waals surface area contributed by atoms with Crippen molar-refractivity contribution in [3.8, 4) is 5.69 Å². The van der Waals surface area contributed by atoms with Crippen LogP contribution in [0.2, 0.25) is 0 Å². The highest BCUT2D eigenvalue weighted by atomic mass is 19.1. The van der Waals surface area contributed by atoms with Gasteiger partial charge in [-0.3, -0.25) is 0 Å². The molecule has 1 fully saturated rings. The van der Waals surface area contributed by atoms with Crippen molar-refractivity contribution in [1.29, 1.82) is 0 Å². The minimum atomic E-state index is -0.287. The fraction of sp³-hybridized carbons (Fsp3) is 0.389. The summed E-state index contributed by atoms with van der Waals surface area (Å²) in [7, 11) is 2.09. The molecule has 0 unspecified atom stereocenters. The van der Waals surface area contributed by atoms with Crippen LogP contribution in [0.3, 0.4) is 0 Å². The van der Waals surface area contributed by atoms with Crippen molar-refractivity contribution in [1.82, 2.24) is 19.7 Å². The van der Waals surface area contributed by atoms with E-state index in [1.165, 1.54) is 44.2 Å². The normalized spacial score (nSPS) is 15.8. The molecule has 24 heavy (non-hydrogen) atoms. The average molecular weight is 325 g/mol. The molecule has 5 nitrogen and oxygen atoms in total. The number of aromatic nitrogens is 4. The van der Waals surface area contributed by atoms with E-state index in [9.17, 15) is 4.39 Å². The van der Waals surface area contributed by atoms with Gasteiger partial charge in [-0.2, -0.15) is 5.10 Å². The topological polar surface area (TPSA) is 46.8 Å². The number of hydrogen-bond acceptors (Lipinski definition) is 4. The van der Waals surface area contributed by atoms with Crippen molar-refractivity contribution < 1.29 is 4.39 Å². The Balaban J connectivity index is 1.76. The largest absolute Gasteiger partial charge is 0.356 e. The zero-order valence-corrected chi connectivity index (χ0v) is 13.7. The quantitative estimate of drug-likeness (QED) is 0.736. The maximum atomic E-state index is 13.5. The number of rotatable bonds is 3. The molecule has 0 spiro atoms. The second-order valence-corrected chi connectivity index (χ2v) is 6.37. The van der Waals surface area contributed by atoms with Gasteiger partial charge >= 0.3 is 0 Å². The van der Waals surface area contributed by atoms with E-state index in [0.717, 1.165) is 11.2 Å². The average Bonchev–Trinajstić information content (AvgIpc) is 3.06. The summed E-state index contributed by atoms with van der Waals surface area (Å²) in [5.41, 5.74) is 1.36. The standard InChI is InChI=1S/C18H20FN5/c1-23(14-7-3-2-4-8-14)17-16-11-22-24(18(16)21-12-20-17)15-9-5-6-13(19)10-15/h5-6,9-12,14H,2-4,7-8H2,1H3. The molecule has 1 aromatic carbocycles. The molecule has 2 aromatic heterocycles. The lowest BCUT2D eigenvalue weighted by Gasteiger charge is -2.32. The Kier molecular flexibility index (Phi) is 3.88. The molecule has 4 rings (SSSR count). The molecule has 1 aliphatic carbocycles. The highest BCUT2D eigenvalue weighted by Crippen LogP contribution is 2.29. The van der Waals surface area contributed by atoms with Gasteiger partial charge in [-0.15, -0.1) is 0 Å². The van der Waals surface area contributed by atoms with E-state index in [2.05, 4.69) is 27.0 Å². The van der Waals surface area contributed by atoms with Gasteiger partial charge in [0.1, 0.15) is 18.0 Å². The second kappa shape index (κ2) is 6.19. The third-order valence-corrected chi connectivity index (χ3v) is 4.85. The van der Waals surface area contributed by atoms with Crippen LogP contribution in [-0.4, -0.2) is 32.8 Å². The van der Waals surface area contributed by atoms with Gasteiger partial charge in [0.25, 0.3) is 0 Å². The summed E-state index contributed by atoms with van der Waals surface area (Å²) in [6, 6.07) is 6.89. The first-order chi connectivity index (χ1) is 11.7. The third-order valence-electron chi connectivity index (χ3n) is 4.85. The van der Waals surface area contributed by atoms with Gasteiger partial charge in [0, 0.05) is 13.1 Å². The maximum absolute atomic E-state index is 13.5. The van der Waals surface area contributed by atoms with Crippen molar-refractivity contribution in [3.63, 3.8) is 0 Å². The lowest BCUT2D eigenvalue weighted by atomic mass is 9.94. The molecule has 6 heteroatoms. The monoisotopic (exact) mass is 325 g/mol. The molecular weight excluding hydrogens is 305 g/mol. The van der Waals surface area contributed by atoms with Crippen LogP contribution in [-0.2, 0) is 0 Å². The van der Waals surface area contributed by atoms with Crippen molar-refractivity contribution >= 4 is 16.9 Å². The van der Waals surface area contributed by atoms with Crippen molar-refractivity contribution in [2.45, 2.75) is 38.1 Å². The third kappa shape index (κ3) is 2.62. The minimum absolute atomic E-state index is 0.287. The molecule has 1 saturated carbocycles. The van der Waals surface area contributed by atoms with Crippen LogP contribution >= 0.6 is 0 Å². The zero-order valence-electron chi connectivity index (χ0n) is 13.7. The van der Waals surface area contributed by atoms with Gasteiger partial charge in [-0.25, -0.2) is 19.0 Å². The lowest BCUT2D eigenvalue weighted by Crippen LogP contribution is -2.34. The first-order valence-electron chi connectivity index (χ1n) is 8.41. The number of benzene rings is 1. The van der Waals surface area contributed by atoms with Gasteiger partial charge in [0.05, 0.1) is 17.3 Å². The maximum Gasteiger partial charge on any atom is 0.168 e. The van der Waals surface area contributed by atoms with E-state index < -0.39 is 0 Å². The van der Waals surface area contributed by atoms with Crippen LogP contribution in [0.15, 0.2) is 36.8 Å². The fourth-order valence-electron chi connectivity index (χ4n) is 3.55. The van der Waals surface area contributed by atoms with Crippen molar-refractivity contribution in [2.24, 2.45) is 0 Å². The summed E-state index contributed by atoms with van der Waals surface area (Å²) >= 11 is 0. The zero-order chi connectivity index (χ0) is 16.5. The Morgan fingerprint density at radius 2 is 2.00 bits per heavy atom. The molecule has 1 aliphatic rings. The number of nitrogens with zero attached hydrogens (tertiary/aromatic N) is 5. The van der Waals surface area contributed by atoms with Crippen LogP contribution in [0.5, 0.6) is 0 Å². The first kappa shape index (κ1) is 15.1. The molecule has 0 bridgehead atoms.